The Hall–Kier alpha value is -3.70. The van der Waals surface area contributed by atoms with E-state index in [2.05, 4.69) is 5.32 Å². The lowest BCUT2D eigenvalue weighted by atomic mass is 9.71. The van der Waals surface area contributed by atoms with E-state index in [9.17, 15) is 9.59 Å². The summed E-state index contributed by atoms with van der Waals surface area (Å²) in [6.07, 6.45) is 1.40. The van der Waals surface area contributed by atoms with Crippen molar-refractivity contribution in [2.45, 2.75) is 38.0 Å². The van der Waals surface area contributed by atoms with Crippen LogP contribution in [0.4, 0.5) is 4.39 Å². The number of benzene rings is 3. The SMILES string of the molecule is CC1=C(C(=O)OCCc2ccccc2)C(c2ccccc2F)C2=C(CC(c3ccc(Cl)cc3)CC2=O)N1. The zero-order valence-electron chi connectivity index (χ0n) is 20.5. The standard InChI is InChI=1S/C31H27ClFNO3/c1-19-28(31(36)37-16-15-20-7-3-2-4-8-20)29(24-9-5-6-10-25(24)33)30-26(34-19)17-22(18-27(30)35)21-11-13-23(32)14-12-21/h2-14,22,29,34H,15-18H2,1H3. The average molecular weight is 516 g/mol. The van der Waals surface area contributed by atoms with Crippen molar-refractivity contribution in [1.29, 1.82) is 0 Å². The molecule has 3 aromatic rings. The maximum absolute atomic E-state index is 15.1. The molecule has 0 radical (unpaired) electrons. The molecule has 2 aliphatic rings. The van der Waals surface area contributed by atoms with Gasteiger partial charge in [-0.25, -0.2) is 9.18 Å². The highest BCUT2D eigenvalue weighted by Gasteiger charge is 2.42. The van der Waals surface area contributed by atoms with Gasteiger partial charge in [0, 0.05) is 40.4 Å². The second kappa shape index (κ2) is 10.7. The van der Waals surface area contributed by atoms with Crippen LogP contribution < -0.4 is 5.32 Å². The topological polar surface area (TPSA) is 55.4 Å². The maximum Gasteiger partial charge on any atom is 0.336 e. The van der Waals surface area contributed by atoms with Gasteiger partial charge >= 0.3 is 5.97 Å². The molecule has 188 valence electrons. The number of Topliss-reactive ketones (excluding diaryl/α,β-unsaturated/α-hetero) is 1. The van der Waals surface area contributed by atoms with Gasteiger partial charge in [0.1, 0.15) is 5.82 Å². The Morgan fingerprint density at radius 2 is 1.70 bits per heavy atom. The van der Waals surface area contributed by atoms with E-state index in [1.807, 2.05) is 54.6 Å². The number of halogens is 2. The van der Waals surface area contributed by atoms with Gasteiger partial charge in [0.2, 0.25) is 0 Å². The molecule has 0 bridgehead atoms. The summed E-state index contributed by atoms with van der Waals surface area (Å²) in [7, 11) is 0. The molecule has 6 heteroatoms. The average Bonchev–Trinajstić information content (AvgIpc) is 2.89. The predicted molar refractivity (Wildman–Crippen MR) is 142 cm³/mol. The molecule has 1 heterocycles. The molecule has 1 N–H and O–H groups in total. The predicted octanol–water partition coefficient (Wildman–Crippen LogP) is 6.63. The largest absolute Gasteiger partial charge is 0.462 e. The summed E-state index contributed by atoms with van der Waals surface area (Å²) in [4.78, 5) is 27.0. The van der Waals surface area contributed by atoms with Gasteiger partial charge in [-0.3, -0.25) is 4.79 Å². The molecule has 2 atom stereocenters. The zero-order valence-corrected chi connectivity index (χ0v) is 21.2. The number of carbonyl (C=O) groups excluding carboxylic acids is 2. The van der Waals surface area contributed by atoms with Crippen molar-refractivity contribution < 1.29 is 18.7 Å². The van der Waals surface area contributed by atoms with E-state index in [-0.39, 0.29) is 30.3 Å². The number of esters is 1. The molecule has 0 saturated heterocycles. The lowest BCUT2D eigenvalue weighted by Gasteiger charge is -2.36. The molecule has 0 saturated carbocycles. The third-order valence-corrected chi connectivity index (χ3v) is 7.32. The van der Waals surface area contributed by atoms with Crippen LogP contribution in [0, 0.1) is 5.82 Å². The fourth-order valence-electron chi connectivity index (χ4n) is 5.28. The Morgan fingerprint density at radius 3 is 2.43 bits per heavy atom. The normalized spacial score (nSPS) is 19.4. The summed E-state index contributed by atoms with van der Waals surface area (Å²) in [5.41, 5.74) is 4.37. The van der Waals surface area contributed by atoms with E-state index in [0.29, 0.717) is 34.7 Å². The molecule has 4 nitrogen and oxygen atoms in total. The molecule has 0 amide bonds. The molecule has 3 aromatic carbocycles. The van der Waals surface area contributed by atoms with Crippen LogP contribution in [0.25, 0.3) is 0 Å². The highest BCUT2D eigenvalue weighted by molar-refractivity contribution is 6.30. The Labute approximate surface area is 220 Å². The van der Waals surface area contributed by atoms with E-state index in [0.717, 1.165) is 16.8 Å². The van der Waals surface area contributed by atoms with Crippen molar-refractivity contribution in [2.24, 2.45) is 0 Å². The number of allylic oxidation sites excluding steroid dienone is 3. The van der Waals surface area contributed by atoms with Crippen LogP contribution in [0.3, 0.4) is 0 Å². The van der Waals surface area contributed by atoms with Gasteiger partial charge in [0.05, 0.1) is 18.1 Å². The summed E-state index contributed by atoms with van der Waals surface area (Å²) in [6.45, 7) is 1.96. The highest BCUT2D eigenvalue weighted by atomic mass is 35.5. The minimum Gasteiger partial charge on any atom is -0.462 e. The Bertz CT molecular complexity index is 1400. The van der Waals surface area contributed by atoms with Crippen LogP contribution in [0.1, 0.15) is 48.3 Å². The molecule has 0 aromatic heterocycles. The molecule has 1 aliphatic carbocycles. The van der Waals surface area contributed by atoms with Gasteiger partial charge in [-0.05, 0) is 48.6 Å². The summed E-state index contributed by atoms with van der Waals surface area (Å²) in [5.74, 6) is -1.99. The number of carbonyl (C=O) groups is 2. The Balaban J connectivity index is 1.47. The lowest BCUT2D eigenvalue weighted by Crippen LogP contribution is -2.36. The molecule has 2 unspecified atom stereocenters. The lowest BCUT2D eigenvalue weighted by molar-refractivity contribution is -0.139. The van der Waals surface area contributed by atoms with E-state index in [4.69, 9.17) is 16.3 Å². The summed E-state index contributed by atoms with van der Waals surface area (Å²) in [5, 5.41) is 3.94. The van der Waals surface area contributed by atoms with Crippen molar-refractivity contribution >= 4 is 23.4 Å². The maximum atomic E-state index is 15.1. The van der Waals surface area contributed by atoms with Crippen LogP contribution in [-0.2, 0) is 20.7 Å². The van der Waals surface area contributed by atoms with Gasteiger partial charge < -0.3 is 10.1 Å². The first-order valence-corrected chi connectivity index (χ1v) is 12.7. The molecule has 5 rings (SSSR count). The van der Waals surface area contributed by atoms with Crippen molar-refractivity contribution in [3.05, 3.63) is 129 Å². The van der Waals surface area contributed by atoms with Gasteiger partial charge in [0.15, 0.2) is 5.78 Å². The summed E-state index contributed by atoms with van der Waals surface area (Å²) >= 11 is 6.05. The summed E-state index contributed by atoms with van der Waals surface area (Å²) < 4.78 is 20.8. The number of nitrogens with one attached hydrogen (secondary N) is 1. The third-order valence-electron chi connectivity index (χ3n) is 7.07. The quantitative estimate of drug-likeness (QED) is 0.374. The number of hydrogen-bond acceptors (Lipinski definition) is 4. The van der Waals surface area contributed by atoms with Gasteiger partial charge in [0.25, 0.3) is 0 Å². The third kappa shape index (κ3) is 5.23. The van der Waals surface area contributed by atoms with E-state index < -0.39 is 17.7 Å². The van der Waals surface area contributed by atoms with Crippen molar-refractivity contribution in [3.63, 3.8) is 0 Å². The second-order valence-corrected chi connectivity index (χ2v) is 9.90. The van der Waals surface area contributed by atoms with Gasteiger partial charge in [-0.2, -0.15) is 0 Å². The summed E-state index contributed by atoms with van der Waals surface area (Å²) in [6, 6.07) is 23.5. The zero-order chi connectivity index (χ0) is 25.9. The Kier molecular flexibility index (Phi) is 7.24. The van der Waals surface area contributed by atoms with Crippen molar-refractivity contribution in [3.8, 4) is 0 Å². The van der Waals surface area contributed by atoms with Crippen LogP contribution in [0.5, 0.6) is 0 Å². The first kappa shape index (κ1) is 25.0. The van der Waals surface area contributed by atoms with Crippen LogP contribution in [0.2, 0.25) is 5.02 Å². The fourth-order valence-corrected chi connectivity index (χ4v) is 5.41. The molecule has 37 heavy (non-hydrogen) atoms. The smallest absolute Gasteiger partial charge is 0.336 e. The number of dihydropyridines is 1. The van der Waals surface area contributed by atoms with Crippen LogP contribution >= 0.6 is 11.6 Å². The Morgan fingerprint density at radius 1 is 1.00 bits per heavy atom. The number of ketones is 1. The van der Waals surface area contributed by atoms with Crippen LogP contribution in [0.15, 0.2) is 101 Å². The number of rotatable bonds is 6. The second-order valence-electron chi connectivity index (χ2n) is 9.46. The van der Waals surface area contributed by atoms with Crippen molar-refractivity contribution in [1.82, 2.24) is 5.32 Å². The molecule has 0 fully saturated rings. The molecular weight excluding hydrogens is 489 g/mol. The van der Waals surface area contributed by atoms with Crippen molar-refractivity contribution in [2.75, 3.05) is 6.61 Å². The minimum atomic E-state index is -0.833. The highest BCUT2D eigenvalue weighted by Crippen LogP contribution is 2.46. The first-order chi connectivity index (χ1) is 17.9. The number of hydrogen-bond donors (Lipinski definition) is 1. The number of ether oxygens (including phenoxy) is 1. The van der Waals surface area contributed by atoms with E-state index in [1.165, 1.54) is 6.07 Å². The molecule has 1 aliphatic heterocycles. The first-order valence-electron chi connectivity index (χ1n) is 12.4. The monoisotopic (exact) mass is 515 g/mol. The molecular formula is C31H27ClFNO3. The minimum absolute atomic E-state index is 0.0375. The van der Waals surface area contributed by atoms with E-state index >= 15 is 4.39 Å². The van der Waals surface area contributed by atoms with Gasteiger partial charge in [-0.15, -0.1) is 0 Å². The van der Waals surface area contributed by atoms with Gasteiger partial charge in [-0.1, -0.05) is 72.3 Å². The van der Waals surface area contributed by atoms with E-state index in [1.54, 1.807) is 25.1 Å². The molecule has 0 spiro atoms. The fraction of sp³-hybridized carbons (Fsp3) is 0.226. The van der Waals surface area contributed by atoms with Crippen LogP contribution in [-0.4, -0.2) is 18.4 Å².